The van der Waals surface area contributed by atoms with Gasteiger partial charge in [-0.3, -0.25) is 0 Å². The van der Waals surface area contributed by atoms with Crippen LogP contribution in [0.1, 0.15) is 11.1 Å². The molecule has 0 N–H and O–H groups in total. The van der Waals surface area contributed by atoms with Crippen LogP contribution in [-0.2, 0) is 0 Å². The molecule has 10 rings (SSSR count). The molecule has 0 aliphatic heterocycles. The molecule has 4 nitrogen and oxygen atoms in total. The second kappa shape index (κ2) is 13.8. The van der Waals surface area contributed by atoms with E-state index in [1.807, 2.05) is 48.6 Å². The van der Waals surface area contributed by atoms with Crippen molar-refractivity contribution in [1.29, 1.82) is 0 Å². The van der Waals surface area contributed by atoms with Gasteiger partial charge in [-0.25, -0.2) is 4.98 Å². The number of nitrogens with zero attached hydrogens (tertiary/aromatic N) is 2. The molecule has 0 radical (unpaired) electrons. The SMILES string of the molecule is C=C/C=C\c1c(-c2ccc3oc(-c4ccccc4)nc3c2)cc2oc3cccc(N(c4ccc(-c5ccccc5)cc4)c4ccc5ccccc5c4)c3c2c1C. The highest BCUT2D eigenvalue weighted by molar-refractivity contribution is 6.16. The minimum atomic E-state index is 0.603. The van der Waals surface area contributed by atoms with Crippen molar-refractivity contribution in [2.75, 3.05) is 4.90 Å². The number of benzene rings is 8. The maximum absolute atomic E-state index is 6.81. The Bertz CT molecular complexity index is 3100. The number of rotatable bonds is 8. The van der Waals surface area contributed by atoms with E-state index >= 15 is 0 Å². The van der Waals surface area contributed by atoms with Crippen molar-refractivity contribution in [3.63, 3.8) is 0 Å². The fraction of sp³-hybridized carbons (Fsp3) is 0.0192. The Morgan fingerprint density at radius 2 is 1.23 bits per heavy atom. The average Bonchev–Trinajstić information content (AvgIpc) is 3.86. The highest BCUT2D eigenvalue weighted by Gasteiger charge is 2.23. The molecule has 2 aromatic heterocycles. The van der Waals surface area contributed by atoms with Gasteiger partial charge in [0.1, 0.15) is 16.7 Å². The van der Waals surface area contributed by atoms with Crippen molar-refractivity contribution in [2.24, 2.45) is 0 Å². The first-order valence-electron chi connectivity index (χ1n) is 18.8. The molecule has 0 aliphatic carbocycles. The molecule has 56 heavy (non-hydrogen) atoms. The first-order valence-corrected chi connectivity index (χ1v) is 18.8. The van der Waals surface area contributed by atoms with Gasteiger partial charge >= 0.3 is 0 Å². The third-order valence-corrected chi connectivity index (χ3v) is 10.6. The lowest BCUT2D eigenvalue weighted by molar-refractivity contribution is 0.620. The summed E-state index contributed by atoms with van der Waals surface area (Å²) in [6.45, 7) is 6.19. The standard InChI is InChI=1S/C52H36N2O2/c1-3-4-20-43-34(2)50-49(33-44(43)40-26-30-47-45(32-40)53-52(56-47)38-17-9-6-10-18-38)55-48-22-13-21-46(51(48)50)54(42-29-25-36-16-11-12-19-39(36)31-42)41-27-23-37(24-28-41)35-14-7-5-8-15-35/h3-33H,1H2,2H3/b20-4-. The van der Waals surface area contributed by atoms with Gasteiger partial charge in [-0.15, -0.1) is 0 Å². The molecule has 0 aliphatic rings. The van der Waals surface area contributed by atoms with Crippen molar-refractivity contribution >= 4 is 66.9 Å². The van der Waals surface area contributed by atoms with Crippen LogP contribution >= 0.6 is 0 Å². The van der Waals surface area contributed by atoms with Gasteiger partial charge in [0.2, 0.25) is 5.89 Å². The van der Waals surface area contributed by atoms with E-state index in [0.717, 1.165) is 77.9 Å². The zero-order chi connectivity index (χ0) is 37.6. The first-order chi connectivity index (χ1) is 27.6. The Morgan fingerprint density at radius 1 is 0.536 bits per heavy atom. The van der Waals surface area contributed by atoms with Gasteiger partial charge in [0.05, 0.1) is 11.1 Å². The average molecular weight is 721 g/mol. The van der Waals surface area contributed by atoms with Gasteiger partial charge in [-0.1, -0.05) is 128 Å². The number of aromatic nitrogens is 1. The van der Waals surface area contributed by atoms with Gasteiger partial charge in [-0.2, -0.15) is 0 Å². The lowest BCUT2D eigenvalue weighted by Crippen LogP contribution is -2.10. The number of oxazole rings is 1. The predicted molar refractivity (Wildman–Crippen MR) is 234 cm³/mol. The van der Waals surface area contributed by atoms with E-state index in [9.17, 15) is 0 Å². The lowest BCUT2D eigenvalue weighted by Gasteiger charge is -2.27. The Morgan fingerprint density at radius 3 is 2.02 bits per heavy atom. The molecule has 0 unspecified atom stereocenters. The molecular formula is C52H36N2O2. The topological polar surface area (TPSA) is 42.4 Å². The quantitative estimate of drug-likeness (QED) is 0.147. The fourth-order valence-corrected chi connectivity index (χ4v) is 7.95. The van der Waals surface area contributed by atoms with Gasteiger partial charge in [0.15, 0.2) is 5.58 Å². The largest absolute Gasteiger partial charge is 0.456 e. The predicted octanol–water partition coefficient (Wildman–Crippen LogP) is 14.9. The zero-order valence-electron chi connectivity index (χ0n) is 30.8. The van der Waals surface area contributed by atoms with Crippen molar-refractivity contribution in [3.8, 4) is 33.7 Å². The second-order valence-electron chi connectivity index (χ2n) is 14.0. The van der Waals surface area contributed by atoms with Crippen LogP contribution in [0.25, 0.3) is 83.6 Å². The highest BCUT2D eigenvalue weighted by Crippen LogP contribution is 2.47. The smallest absolute Gasteiger partial charge is 0.227 e. The van der Waals surface area contributed by atoms with E-state index in [1.165, 1.54) is 21.9 Å². The molecular weight excluding hydrogens is 685 g/mol. The summed E-state index contributed by atoms with van der Waals surface area (Å²) < 4.78 is 13.0. The molecule has 10 aromatic rings. The fourth-order valence-electron chi connectivity index (χ4n) is 7.95. The van der Waals surface area contributed by atoms with Crippen LogP contribution in [0.4, 0.5) is 17.1 Å². The van der Waals surface area contributed by atoms with Gasteiger partial charge in [0.25, 0.3) is 0 Å². The molecule has 266 valence electrons. The monoisotopic (exact) mass is 720 g/mol. The number of hydrogen-bond acceptors (Lipinski definition) is 4. The van der Waals surface area contributed by atoms with E-state index in [1.54, 1.807) is 0 Å². The molecule has 4 heteroatoms. The van der Waals surface area contributed by atoms with Gasteiger partial charge < -0.3 is 13.7 Å². The number of hydrogen-bond donors (Lipinski definition) is 0. The summed E-state index contributed by atoms with van der Waals surface area (Å²) in [5.41, 5.74) is 13.9. The maximum Gasteiger partial charge on any atom is 0.227 e. The van der Waals surface area contributed by atoms with Crippen LogP contribution < -0.4 is 4.90 Å². The van der Waals surface area contributed by atoms with E-state index in [-0.39, 0.29) is 0 Å². The van der Waals surface area contributed by atoms with E-state index < -0.39 is 0 Å². The summed E-state index contributed by atoms with van der Waals surface area (Å²) in [7, 11) is 0. The van der Waals surface area contributed by atoms with Crippen molar-refractivity contribution in [1.82, 2.24) is 4.98 Å². The van der Waals surface area contributed by atoms with Crippen LogP contribution in [0, 0.1) is 6.92 Å². The number of aryl methyl sites for hydroxylation is 1. The number of anilines is 3. The molecule has 0 saturated carbocycles. The van der Waals surface area contributed by atoms with E-state index in [0.29, 0.717) is 5.89 Å². The first kappa shape index (κ1) is 33.2. The molecule has 0 bridgehead atoms. The Hall–Kier alpha value is -7.43. The minimum Gasteiger partial charge on any atom is -0.456 e. The minimum absolute atomic E-state index is 0.603. The summed E-state index contributed by atoms with van der Waals surface area (Å²) in [4.78, 5) is 7.24. The Labute approximate surface area is 324 Å². The third kappa shape index (κ3) is 5.76. The van der Waals surface area contributed by atoms with Crippen LogP contribution in [0.3, 0.4) is 0 Å². The molecule has 0 fully saturated rings. The molecule has 0 amide bonds. The van der Waals surface area contributed by atoms with Crippen molar-refractivity contribution < 1.29 is 8.83 Å². The van der Waals surface area contributed by atoms with E-state index in [4.69, 9.17) is 13.8 Å². The third-order valence-electron chi connectivity index (χ3n) is 10.6. The maximum atomic E-state index is 6.81. The van der Waals surface area contributed by atoms with Crippen molar-refractivity contribution in [3.05, 3.63) is 200 Å². The van der Waals surface area contributed by atoms with Crippen LogP contribution in [0.5, 0.6) is 0 Å². The van der Waals surface area contributed by atoms with Gasteiger partial charge in [-0.05, 0) is 118 Å². The highest BCUT2D eigenvalue weighted by atomic mass is 16.3. The molecule has 2 heterocycles. The lowest BCUT2D eigenvalue weighted by atomic mass is 9.91. The van der Waals surface area contributed by atoms with Crippen LogP contribution in [-0.4, -0.2) is 4.98 Å². The van der Waals surface area contributed by atoms with Crippen LogP contribution in [0.15, 0.2) is 197 Å². The Kier molecular flexibility index (Phi) is 8.15. The van der Waals surface area contributed by atoms with Gasteiger partial charge in [0, 0.05) is 22.3 Å². The number of furan rings is 1. The molecule has 0 spiro atoms. The summed E-state index contributed by atoms with van der Waals surface area (Å²) >= 11 is 0. The summed E-state index contributed by atoms with van der Waals surface area (Å²) in [6, 6.07) is 59.3. The van der Waals surface area contributed by atoms with Crippen LogP contribution in [0.2, 0.25) is 0 Å². The second-order valence-corrected chi connectivity index (χ2v) is 14.0. The number of fused-ring (bicyclic) bond motifs is 5. The molecule has 8 aromatic carbocycles. The van der Waals surface area contributed by atoms with Crippen molar-refractivity contribution in [2.45, 2.75) is 6.92 Å². The van der Waals surface area contributed by atoms with E-state index in [2.05, 4.69) is 158 Å². The summed E-state index contributed by atoms with van der Waals surface area (Å²) in [5.74, 6) is 0.603. The number of allylic oxidation sites excluding steroid dienone is 2. The normalized spacial score (nSPS) is 11.7. The molecule has 0 atom stereocenters. The molecule has 0 saturated heterocycles. The Balaban J connectivity index is 1.17. The summed E-state index contributed by atoms with van der Waals surface area (Å²) in [5, 5.41) is 4.51. The zero-order valence-corrected chi connectivity index (χ0v) is 30.8. The summed E-state index contributed by atoms with van der Waals surface area (Å²) in [6.07, 6.45) is 5.96.